The number of hydrogen-bond acceptors (Lipinski definition) is 7. The Bertz CT molecular complexity index is 548. The summed E-state index contributed by atoms with van der Waals surface area (Å²) in [6.07, 6.45) is 2.20. The molecule has 0 spiro atoms. The van der Waals surface area contributed by atoms with Gasteiger partial charge in [0.15, 0.2) is 5.82 Å². The molecule has 7 nitrogen and oxygen atoms in total. The first-order valence-electron chi connectivity index (χ1n) is 6.89. The third-order valence-electron chi connectivity index (χ3n) is 2.55. The predicted molar refractivity (Wildman–Crippen MR) is 84.3 cm³/mol. The standard InChI is InChI=1S/C13H24N4O3S/c1-5-6-14-11-7-12(17-13(16-11)8-20-3)15-10(2)9-21(4,18)19/h7,10H,5-6,8-9H2,1-4H3,(H2,14,15,16,17). The van der Waals surface area contributed by atoms with E-state index in [1.807, 2.05) is 0 Å². The Morgan fingerprint density at radius 2 is 2.00 bits per heavy atom. The smallest absolute Gasteiger partial charge is 0.158 e. The van der Waals surface area contributed by atoms with E-state index in [-0.39, 0.29) is 11.8 Å². The van der Waals surface area contributed by atoms with Crippen LogP contribution in [0, 0.1) is 0 Å². The van der Waals surface area contributed by atoms with Crippen LogP contribution in [0.5, 0.6) is 0 Å². The van der Waals surface area contributed by atoms with Crippen molar-refractivity contribution in [3.8, 4) is 0 Å². The van der Waals surface area contributed by atoms with Gasteiger partial charge in [-0.1, -0.05) is 6.92 Å². The molecule has 8 heteroatoms. The number of anilines is 2. The van der Waals surface area contributed by atoms with Gasteiger partial charge >= 0.3 is 0 Å². The van der Waals surface area contributed by atoms with Crippen molar-refractivity contribution in [1.29, 1.82) is 0 Å². The van der Waals surface area contributed by atoms with Gasteiger partial charge in [-0.3, -0.25) is 0 Å². The van der Waals surface area contributed by atoms with E-state index < -0.39 is 9.84 Å². The average Bonchev–Trinajstić information content (AvgIpc) is 2.34. The number of nitrogens with zero attached hydrogens (tertiary/aromatic N) is 2. The van der Waals surface area contributed by atoms with Crippen LogP contribution >= 0.6 is 0 Å². The maximum absolute atomic E-state index is 11.3. The van der Waals surface area contributed by atoms with Crippen molar-refractivity contribution >= 4 is 21.5 Å². The summed E-state index contributed by atoms with van der Waals surface area (Å²) in [5, 5.41) is 6.28. The van der Waals surface area contributed by atoms with E-state index in [9.17, 15) is 8.42 Å². The van der Waals surface area contributed by atoms with E-state index in [2.05, 4.69) is 27.5 Å². The van der Waals surface area contributed by atoms with Gasteiger partial charge in [0.05, 0.1) is 5.75 Å². The topological polar surface area (TPSA) is 93.2 Å². The molecule has 1 rings (SSSR count). The average molecular weight is 316 g/mol. The lowest BCUT2D eigenvalue weighted by Crippen LogP contribution is -2.25. The molecule has 1 aromatic heterocycles. The summed E-state index contributed by atoms with van der Waals surface area (Å²) in [7, 11) is -1.46. The summed E-state index contributed by atoms with van der Waals surface area (Å²) in [5.74, 6) is 1.89. The summed E-state index contributed by atoms with van der Waals surface area (Å²) < 4.78 is 27.7. The van der Waals surface area contributed by atoms with Crippen LogP contribution in [0.15, 0.2) is 6.07 Å². The van der Waals surface area contributed by atoms with E-state index in [4.69, 9.17) is 4.74 Å². The Morgan fingerprint density at radius 3 is 2.57 bits per heavy atom. The highest BCUT2D eigenvalue weighted by atomic mass is 32.2. The molecule has 0 bridgehead atoms. The fourth-order valence-corrected chi connectivity index (χ4v) is 2.85. The van der Waals surface area contributed by atoms with E-state index >= 15 is 0 Å². The molecule has 0 aliphatic rings. The monoisotopic (exact) mass is 316 g/mol. The van der Waals surface area contributed by atoms with Crippen molar-refractivity contribution in [2.24, 2.45) is 0 Å². The maximum Gasteiger partial charge on any atom is 0.158 e. The molecular formula is C13H24N4O3S. The Morgan fingerprint density at radius 1 is 1.33 bits per heavy atom. The van der Waals surface area contributed by atoms with Gasteiger partial charge in [0, 0.05) is 32.0 Å². The highest BCUT2D eigenvalue weighted by Gasteiger charge is 2.12. The number of ether oxygens (including phenoxy) is 1. The lowest BCUT2D eigenvalue weighted by Gasteiger charge is -2.15. The van der Waals surface area contributed by atoms with Crippen LogP contribution in [0.2, 0.25) is 0 Å². The summed E-state index contributed by atoms with van der Waals surface area (Å²) >= 11 is 0. The minimum Gasteiger partial charge on any atom is -0.377 e. The molecule has 0 aliphatic heterocycles. The minimum atomic E-state index is -3.03. The van der Waals surface area contributed by atoms with E-state index in [0.29, 0.717) is 24.1 Å². The zero-order valence-corrected chi connectivity index (χ0v) is 13.8. The summed E-state index contributed by atoms with van der Waals surface area (Å²) in [4.78, 5) is 8.66. The molecule has 0 amide bonds. The van der Waals surface area contributed by atoms with Crippen LogP contribution in [0.4, 0.5) is 11.6 Å². The highest BCUT2D eigenvalue weighted by molar-refractivity contribution is 7.90. The summed E-state index contributed by atoms with van der Waals surface area (Å²) in [6, 6.07) is 1.54. The molecule has 0 aliphatic carbocycles. The summed E-state index contributed by atoms with van der Waals surface area (Å²) in [5.41, 5.74) is 0. The fraction of sp³-hybridized carbons (Fsp3) is 0.692. The molecule has 120 valence electrons. The second-order valence-electron chi connectivity index (χ2n) is 5.05. The lowest BCUT2D eigenvalue weighted by atomic mass is 10.3. The fourth-order valence-electron chi connectivity index (χ4n) is 1.86. The third kappa shape index (κ3) is 7.24. The zero-order chi connectivity index (χ0) is 15.9. The van der Waals surface area contributed by atoms with Gasteiger partial charge in [-0.25, -0.2) is 18.4 Å². The third-order valence-corrected chi connectivity index (χ3v) is 3.65. The van der Waals surface area contributed by atoms with Crippen LogP contribution in [0.1, 0.15) is 26.1 Å². The second kappa shape index (κ2) is 8.14. The van der Waals surface area contributed by atoms with Gasteiger partial charge in [0.1, 0.15) is 28.1 Å². The molecule has 1 atom stereocenters. The Kier molecular flexibility index (Phi) is 6.83. The molecular weight excluding hydrogens is 292 g/mol. The van der Waals surface area contributed by atoms with Crippen molar-refractivity contribution in [1.82, 2.24) is 9.97 Å². The van der Waals surface area contributed by atoms with Crippen LogP contribution in [0.25, 0.3) is 0 Å². The van der Waals surface area contributed by atoms with Crippen molar-refractivity contribution < 1.29 is 13.2 Å². The van der Waals surface area contributed by atoms with E-state index in [1.54, 1.807) is 20.1 Å². The van der Waals surface area contributed by atoms with E-state index in [0.717, 1.165) is 13.0 Å². The Hall–Kier alpha value is -1.41. The Labute approximate surface area is 126 Å². The maximum atomic E-state index is 11.3. The van der Waals surface area contributed by atoms with Gasteiger partial charge in [-0.2, -0.15) is 0 Å². The molecule has 0 aromatic carbocycles. The lowest BCUT2D eigenvalue weighted by molar-refractivity contribution is 0.178. The van der Waals surface area contributed by atoms with Crippen LogP contribution in [-0.2, 0) is 21.2 Å². The predicted octanol–water partition coefficient (Wildman–Crippen LogP) is 1.29. The molecule has 1 aromatic rings. The zero-order valence-electron chi connectivity index (χ0n) is 13.0. The van der Waals surface area contributed by atoms with Crippen molar-refractivity contribution in [3.05, 3.63) is 11.9 Å². The molecule has 0 radical (unpaired) electrons. The van der Waals surface area contributed by atoms with Crippen molar-refractivity contribution in [2.75, 3.05) is 36.3 Å². The first-order valence-corrected chi connectivity index (χ1v) is 8.95. The van der Waals surface area contributed by atoms with Gasteiger partial charge < -0.3 is 15.4 Å². The number of nitrogens with one attached hydrogen (secondary N) is 2. The van der Waals surface area contributed by atoms with Gasteiger partial charge in [0.2, 0.25) is 0 Å². The second-order valence-corrected chi connectivity index (χ2v) is 7.24. The molecule has 2 N–H and O–H groups in total. The normalized spacial score (nSPS) is 13.0. The molecule has 0 fully saturated rings. The van der Waals surface area contributed by atoms with Crippen molar-refractivity contribution in [2.45, 2.75) is 32.9 Å². The van der Waals surface area contributed by atoms with Gasteiger partial charge in [-0.15, -0.1) is 0 Å². The molecule has 0 saturated heterocycles. The Balaban J connectivity index is 2.86. The molecule has 21 heavy (non-hydrogen) atoms. The van der Waals surface area contributed by atoms with Crippen LogP contribution < -0.4 is 10.6 Å². The number of methoxy groups -OCH3 is 1. The summed E-state index contributed by atoms with van der Waals surface area (Å²) in [6.45, 7) is 4.98. The highest BCUT2D eigenvalue weighted by Crippen LogP contribution is 2.13. The van der Waals surface area contributed by atoms with Gasteiger partial charge in [0.25, 0.3) is 0 Å². The first kappa shape index (κ1) is 17.6. The van der Waals surface area contributed by atoms with Crippen molar-refractivity contribution in [3.63, 3.8) is 0 Å². The largest absolute Gasteiger partial charge is 0.377 e. The van der Waals surface area contributed by atoms with Crippen LogP contribution in [0.3, 0.4) is 0 Å². The number of aromatic nitrogens is 2. The van der Waals surface area contributed by atoms with Crippen LogP contribution in [-0.4, -0.2) is 50.1 Å². The molecule has 1 unspecified atom stereocenters. The number of sulfone groups is 1. The SMILES string of the molecule is CCCNc1cc(NC(C)CS(C)(=O)=O)nc(COC)n1. The minimum absolute atomic E-state index is 0.0499. The first-order chi connectivity index (χ1) is 9.84. The van der Waals surface area contributed by atoms with E-state index in [1.165, 1.54) is 6.26 Å². The van der Waals surface area contributed by atoms with Gasteiger partial charge in [-0.05, 0) is 13.3 Å². The number of rotatable bonds is 9. The molecule has 1 heterocycles. The quantitative estimate of drug-likeness (QED) is 0.709. The number of hydrogen-bond donors (Lipinski definition) is 2. The molecule has 0 saturated carbocycles.